The summed E-state index contributed by atoms with van der Waals surface area (Å²) in [5, 5.41) is 0.736. The molecule has 0 aliphatic heterocycles. The van der Waals surface area contributed by atoms with Crippen molar-refractivity contribution < 1.29 is 4.74 Å². The van der Waals surface area contributed by atoms with Crippen molar-refractivity contribution in [2.45, 2.75) is 9.79 Å². The van der Waals surface area contributed by atoms with Crippen LogP contribution >= 0.6 is 23.4 Å². The molecule has 0 fully saturated rings. The van der Waals surface area contributed by atoms with Gasteiger partial charge in [0.05, 0.1) is 7.11 Å². The molecule has 0 unspecified atom stereocenters. The molecular formula is C13H12ClNOS. The van der Waals surface area contributed by atoms with Gasteiger partial charge in [0.2, 0.25) is 0 Å². The van der Waals surface area contributed by atoms with Crippen LogP contribution in [-0.2, 0) is 0 Å². The summed E-state index contributed by atoms with van der Waals surface area (Å²) in [7, 11) is 1.63. The van der Waals surface area contributed by atoms with Crippen LogP contribution in [0.15, 0.2) is 52.3 Å². The average molecular weight is 266 g/mol. The number of anilines is 1. The topological polar surface area (TPSA) is 35.2 Å². The maximum Gasteiger partial charge on any atom is 0.122 e. The minimum atomic E-state index is 0.695. The van der Waals surface area contributed by atoms with Crippen LogP contribution in [-0.4, -0.2) is 7.11 Å². The van der Waals surface area contributed by atoms with Crippen LogP contribution in [0.25, 0.3) is 0 Å². The normalized spacial score (nSPS) is 10.2. The Balaban J connectivity index is 2.23. The highest BCUT2D eigenvalue weighted by molar-refractivity contribution is 7.99. The van der Waals surface area contributed by atoms with E-state index in [0.29, 0.717) is 5.69 Å². The number of hydrogen-bond acceptors (Lipinski definition) is 3. The Morgan fingerprint density at radius 3 is 2.41 bits per heavy atom. The van der Waals surface area contributed by atoms with Gasteiger partial charge in [0.15, 0.2) is 0 Å². The van der Waals surface area contributed by atoms with Crippen molar-refractivity contribution in [1.82, 2.24) is 0 Å². The quantitative estimate of drug-likeness (QED) is 0.850. The summed E-state index contributed by atoms with van der Waals surface area (Å²) in [4.78, 5) is 2.16. The zero-order valence-corrected chi connectivity index (χ0v) is 10.9. The standard InChI is InChI=1S/C13H12ClNOS/c1-16-11-6-10(15)7-13(8-11)17-12-4-2-9(14)3-5-12/h2-8H,15H2,1H3. The van der Waals surface area contributed by atoms with Crippen molar-refractivity contribution in [3.05, 3.63) is 47.5 Å². The molecule has 0 saturated carbocycles. The molecule has 0 amide bonds. The fourth-order valence-electron chi connectivity index (χ4n) is 1.41. The Morgan fingerprint density at radius 2 is 1.76 bits per heavy atom. The van der Waals surface area contributed by atoms with E-state index in [1.54, 1.807) is 24.9 Å². The van der Waals surface area contributed by atoms with Gasteiger partial charge in [0.1, 0.15) is 5.75 Å². The number of rotatable bonds is 3. The molecule has 0 aromatic heterocycles. The lowest BCUT2D eigenvalue weighted by atomic mass is 10.3. The number of hydrogen-bond donors (Lipinski definition) is 1. The number of benzene rings is 2. The molecule has 0 radical (unpaired) electrons. The number of halogens is 1. The second-order valence-electron chi connectivity index (χ2n) is 3.50. The average Bonchev–Trinajstić information content (AvgIpc) is 2.31. The minimum Gasteiger partial charge on any atom is -0.497 e. The molecule has 2 aromatic rings. The van der Waals surface area contributed by atoms with E-state index in [9.17, 15) is 0 Å². The Hall–Kier alpha value is -1.32. The predicted molar refractivity (Wildman–Crippen MR) is 73.0 cm³/mol. The minimum absolute atomic E-state index is 0.695. The second-order valence-corrected chi connectivity index (χ2v) is 5.08. The van der Waals surface area contributed by atoms with Crippen molar-refractivity contribution in [2.75, 3.05) is 12.8 Å². The zero-order chi connectivity index (χ0) is 12.3. The zero-order valence-electron chi connectivity index (χ0n) is 9.31. The van der Waals surface area contributed by atoms with E-state index in [1.165, 1.54) is 0 Å². The Morgan fingerprint density at radius 1 is 1.06 bits per heavy atom. The van der Waals surface area contributed by atoms with Gasteiger partial charge in [-0.2, -0.15) is 0 Å². The summed E-state index contributed by atoms with van der Waals surface area (Å²) >= 11 is 7.46. The number of methoxy groups -OCH3 is 1. The molecule has 0 bridgehead atoms. The van der Waals surface area contributed by atoms with Crippen molar-refractivity contribution in [2.24, 2.45) is 0 Å². The fraction of sp³-hybridized carbons (Fsp3) is 0.0769. The molecular weight excluding hydrogens is 254 g/mol. The van der Waals surface area contributed by atoms with Crippen LogP contribution in [0.3, 0.4) is 0 Å². The van der Waals surface area contributed by atoms with E-state index >= 15 is 0 Å². The Kier molecular flexibility index (Phi) is 3.82. The summed E-state index contributed by atoms with van der Waals surface area (Å²) in [6, 6.07) is 13.4. The second kappa shape index (κ2) is 5.34. The highest BCUT2D eigenvalue weighted by atomic mass is 35.5. The molecule has 2 nitrogen and oxygen atoms in total. The first-order valence-electron chi connectivity index (χ1n) is 5.05. The fourth-order valence-corrected chi connectivity index (χ4v) is 2.45. The molecule has 0 aliphatic rings. The summed E-state index contributed by atoms with van der Waals surface area (Å²) in [5.74, 6) is 0.765. The summed E-state index contributed by atoms with van der Waals surface area (Å²) in [6.45, 7) is 0. The van der Waals surface area contributed by atoms with E-state index in [2.05, 4.69) is 0 Å². The molecule has 4 heteroatoms. The largest absolute Gasteiger partial charge is 0.497 e. The van der Waals surface area contributed by atoms with E-state index in [4.69, 9.17) is 22.1 Å². The number of ether oxygens (including phenoxy) is 1. The van der Waals surface area contributed by atoms with Gasteiger partial charge in [-0.15, -0.1) is 0 Å². The summed E-state index contributed by atoms with van der Waals surface area (Å²) in [6.07, 6.45) is 0. The molecule has 2 aromatic carbocycles. The van der Waals surface area contributed by atoms with Crippen LogP contribution in [0, 0.1) is 0 Å². The van der Waals surface area contributed by atoms with Gasteiger partial charge in [-0.1, -0.05) is 23.4 Å². The summed E-state index contributed by atoms with van der Waals surface area (Å²) in [5.41, 5.74) is 6.49. The molecule has 0 atom stereocenters. The molecule has 88 valence electrons. The SMILES string of the molecule is COc1cc(N)cc(Sc2ccc(Cl)cc2)c1. The first-order chi connectivity index (χ1) is 8.17. The van der Waals surface area contributed by atoms with Crippen molar-refractivity contribution in [3.8, 4) is 5.75 Å². The van der Waals surface area contributed by atoms with E-state index in [0.717, 1.165) is 20.6 Å². The lowest BCUT2D eigenvalue weighted by Crippen LogP contribution is -1.89. The van der Waals surface area contributed by atoms with Gasteiger partial charge in [-0.25, -0.2) is 0 Å². The first kappa shape index (κ1) is 12.1. The van der Waals surface area contributed by atoms with Crippen LogP contribution < -0.4 is 10.5 Å². The number of nitrogen functional groups attached to an aromatic ring is 1. The molecule has 0 heterocycles. The van der Waals surface area contributed by atoms with E-state index in [1.807, 2.05) is 36.4 Å². The van der Waals surface area contributed by atoms with Gasteiger partial charge < -0.3 is 10.5 Å². The molecule has 0 spiro atoms. The third-order valence-electron chi connectivity index (χ3n) is 2.19. The van der Waals surface area contributed by atoms with Crippen molar-refractivity contribution in [3.63, 3.8) is 0 Å². The highest BCUT2D eigenvalue weighted by Gasteiger charge is 2.01. The predicted octanol–water partition coefficient (Wildman–Crippen LogP) is 4.08. The van der Waals surface area contributed by atoms with Gasteiger partial charge >= 0.3 is 0 Å². The van der Waals surface area contributed by atoms with Crippen LogP contribution in [0.4, 0.5) is 5.69 Å². The van der Waals surface area contributed by atoms with E-state index in [-0.39, 0.29) is 0 Å². The van der Waals surface area contributed by atoms with Gasteiger partial charge in [0.25, 0.3) is 0 Å². The molecule has 17 heavy (non-hydrogen) atoms. The molecule has 2 N–H and O–H groups in total. The van der Waals surface area contributed by atoms with E-state index < -0.39 is 0 Å². The molecule has 0 aliphatic carbocycles. The van der Waals surface area contributed by atoms with Gasteiger partial charge in [-0.05, 0) is 36.4 Å². The first-order valence-corrected chi connectivity index (χ1v) is 6.25. The Labute approximate surface area is 110 Å². The monoisotopic (exact) mass is 265 g/mol. The van der Waals surface area contributed by atoms with Gasteiger partial charge in [-0.3, -0.25) is 0 Å². The third kappa shape index (κ3) is 3.32. The maximum absolute atomic E-state index is 5.84. The van der Waals surface area contributed by atoms with Crippen molar-refractivity contribution in [1.29, 1.82) is 0 Å². The number of nitrogens with two attached hydrogens (primary N) is 1. The van der Waals surface area contributed by atoms with Gasteiger partial charge in [0, 0.05) is 26.6 Å². The van der Waals surface area contributed by atoms with Crippen LogP contribution in [0.1, 0.15) is 0 Å². The van der Waals surface area contributed by atoms with Crippen LogP contribution in [0.2, 0.25) is 5.02 Å². The smallest absolute Gasteiger partial charge is 0.122 e. The lowest BCUT2D eigenvalue weighted by Gasteiger charge is -2.06. The third-order valence-corrected chi connectivity index (χ3v) is 3.42. The Bertz CT molecular complexity index is 513. The molecule has 0 saturated heterocycles. The lowest BCUT2D eigenvalue weighted by molar-refractivity contribution is 0.414. The molecule has 2 rings (SSSR count). The summed E-state index contributed by atoms with van der Waals surface area (Å²) < 4.78 is 5.18. The van der Waals surface area contributed by atoms with Crippen molar-refractivity contribution >= 4 is 29.1 Å². The highest BCUT2D eigenvalue weighted by Crippen LogP contribution is 2.32. The maximum atomic E-state index is 5.84. The van der Waals surface area contributed by atoms with Crippen LogP contribution in [0.5, 0.6) is 5.75 Å².